The third-order valence-electron chi connectivity index (χ3n) is 3.21. The molecule has 1 atom stereocenters. The molecule has 0 spiro atoms. The van der Waals surface area contributed by atoms with Crippen molar-refractivity contribution in [3.63, 3.8) is 0 Å². The molecule has 0 aliphatic rings. The monoisotopic (exact) mass is 273 g/mol. The molecule has 1 aromatic carbocycles. The van der Waals surface area contributed by atoms with Gasteiger partial charge < -0.3 is 10.4 Å². The first kappa shape index (κ1) is 14.3. The summed E-state index contributed by atoms with van der Waals surface area (Å²) in [6.45, 7) is 3.82. The molecule has 0 bridgehead atoms. The van der Waals surface area contributed by atoms with Gasteiger partial charge in [-0.1, -0.05) is 44.2 Å². The molecule has 1 aromatic heterocycles. The molecule has 2 aromatic rings. The lowest BCUT2D eigenvalue weighted by atomic mass is 10.1. The first-order valence-electron chi connectivity index (χ1n) is 6.64. The largest absolute Gasteiger partial charge is 0.394 e. The number of nitrogens with zero attached hydrogens (tertiary/aromatic N) is 1. The fraction of sp³-hybridized carbons (Fsp3) is 0.333. The van der Waals surface area contributed by atoms with Crippen molar-refractivity contribution < 1.29 is 9.90 Å². The second-order valence-corrected chi connectivity index (χ2v) is 5.04. The van der Waals surface area contributed by atoms with E-state index in [2.05, 4.69) is 15.5 Å². The van der Waals surface area contributed by atoms with Gasteiger partial charge in [-0.2, -0.15) is 5.10 Å². The number of aromatic amines is 1. The number of aliphatic hydroxyl groups is 1. The van der Waals surface area contributed by atoms with Gasteiger partial charge in [0.2, 0.25) is 0 Å². The van der Waals surface area contributed by atoms with Gasteiger partial charge in [0.25, 0.3) is 5.91 Å². The fourth-order valence-corrected chi connectivity index (χ4v) is 1.86. The van der Waals surface area contributed by atoms with E-state index in [1.54, 1.807) is 6.07 Å². The Labute approximate surface area is 118 Å². The number of amides is 1. The Hall–Kier alpha value is -2.14. The first-order chi connectivity index (χ1) is 9.61. The summed E-state index contributed by atoms with van der Waals surface area (Å²) >= 11 is 0. The molecule has 5 heteroatoms. The van der Waals surface area contributed by atoms with Gasteiger partial charge in [0.15, 0.2) is 0 Å². The minimum absolute atomic E-state index is 0.0803. The normalized spacial score (nSPS) is 12.4. The Morgan fingerprint density at radius 2 is 2.05 bits per heavy atom. The molecule has 0 radical (unpaired) electrons. The molecule has 0 fully saturated rings. The maximum Gasteiger partial charge on any atom is 0.269 e. The van der Waals surface area contributed by atoms with Crippen molar-refractivity contribution in [2.75, 3.05) is 6.61 Å². The number of carbonyl (C=O) groups excluding carboxylic acids is 1. The molecule has 0 aliphatic heterocycles. The number of hydrogen-bond acceptors (Lipinski definition) is 3. The quantitative estimate of drug-likeness (QED) is 0.777. The zero-order chi connectivity index (χ0) is 14.5. The second-order valence-electron chi connectivity index (χ2n) is 5.04. The predicted octanol–water partition coefficient (Wildman–Crippen LogP) is 1.82. The van der Waals surface area contributed by atoms with E-state index in [4.69, 9.17) is 0 Å². The number of H-pyrrole nitrogens is 1. The van der Waals surface area contributed by atoms with Gasteiger partial charge >= 0.3 is 0 Å². The van der Waals surface area contributed by atoms with Gasteiger partial charge in [0.05, 0.1) is 18.3 Å². The maximum absolute atomic E-state index is 12.1. The van der Waals surface area contributed by atoms with E-state index in [1.165, 1.54) is 0 Å². The topological polar surface area (TPSA) is 78.0 Å². The first-order valence-corrected chi connectivity index (χ1v) is 6.64. The smallest absolute Gasteiger partial charge is 0.269 e. The van der Waals surface area contributed by atoms with Crippen LogP contribution in [0.3, 0.4) is 0 Å². The molecular formula is C15H19N3O2. The van der Waals surface area contributed by atoms with Crippen LogP contribution in [0.2, 0.25) is 0 Å². The fourth-order valence-electron chi connectivity index (χ4n) is 1.86. The highest BCUT2D eigenvalue weighted by molar-refractivity contribution is 5.93. The molecule has 1 amide bonds. The number of benzene rings is 1. The molecule has 106 valence electrons. The highest BCUT2D eigenvalue weighted by Crippen LogP contribution is 2.17. The summed E-state index contributed by atoms with van der Waals surface area (Å²) in [7, 11) is 0. The average Bonchev–Trinajstić information content (AvgIpc) is 2.95. The van der Waals surface area contributed by atoms with Crippen molar-refractivity contribution in [1.29, 1.82) is 0 Å². The number of hydrogen-bond donors (Lipinski definition) is 3. The lowest BCUT2D eigenvalue weighted by molar-refractivity contribution is 0.0892. The van der Waals surface area contributed by atoms with Crippen LogP contribution < -0.4 is 5.32 Å². The van der Waals surface area contributed by atoms with Gasteiger partial charge in [-0.05, 0) is 12.0 Å². The van der Waals surface area contributed by atoms with E-state index in [1.807, 2.05) is 44.2 Å². The summed E-state index contributed by atoms with van der Waals surface area (Å²) in [5, 5.41) is 18.9. The minimum Gasteiger partial charge on any atom is -0.394 e. The lowest BCUT2D eigenvalue weighted by Crippen LogP contribution is -2.41. The third kappa shape index (κ3) is 3.24. The number of carbonyl (C=O) groups is 1. The van der Waals surface area contributed by atoms with Gasteiger partial charge in [0.1, 0.15) is 5.69 Å². The van der Waals surface area contributed by atoms with E-state index in [-0.39, 0.29) is 24.5 Å². The molecule has 1 heterocycles. The van der Waals surface area contributed by atoms with Crippen molar-refractivity contribution in [3.05, 3.63) is 42.1 Å². The molecule has 2 rings (SSSR count). The van der Waals surface area contributed by atoms with Gasteiger partial charge in [-0.25, -0.2) is 0 Å². The van der Waals surface area contributed by atoms with Crippen molar-refractivity contribution >= 4 is 5.91 Å². The number of aliphatic hydroxyl groups excluding tert-OH is 1. The number of aromatic nitrogens is 2. The van der Waals surface area contributed by atoms with Crippen LogP contribution in [0.1, 0.15) is 24.3 Å². The molecule has 0 saturated heterocycles. The zero-order valence-electron chi connectivity index (χ0n) is 11.6. The zero-order valence-corrected chi connectivity index (χ0v) is 11.6. The Kier molecular flexibility index (Phi) is 4.53. The van der Waals surface area contributed by atoms with Crippen molar-refractivity contribution in [2.24, 2.45) is 5.92 Å². The van der Waals surface area contributed by atoms with Gasteiger partial charge in [-0.15, -0.1) is 0 Å². The Bertz CT molecular complexity index is 564. The van der Waals surface area contributed by atoms with Crippen LogP contribution in [0.5, 0.6) is 0 Å². The standard InChI is InChI=1S/C15H19N3O2/c1-10(2)14(9-19)16-15(20)13-8-12(17-18-13)11-6-4-3-5-7-11/h3-8,10,14,19H,9H2,1-2H3,(H,16,20)(H,17,18). The van der Waals surface area contributed by atoms with Crippen LogP contribution in [-0.2, 0) is 0 Å². The number of rotatable bonds is 5. The molecular weight excluding hydrogens is 254 g/mol. The Morgan fingerprint density at radius 3 is 2.65 bits per heavy atom. The van der Waals surface area contributed by atoms with E-state index in [9.17, 15) is 9.90 Å². The summed E-state index contributed by atoms with van der Waals surface area (Å²) in [4.78, 5) is 12.1. The molecule has 1 unspecified atom stereocenters. The second kappa shape index (κ2) is 6.34. The summed E-state index contributed by atoms with van der Waals surface area (Å²) in [6.07, 6.45) is 0. The van der Waals surface area contributed by atoms with Crippen LogP contribution in [-0.4, -0.2) is 33.9 Å². The van der Waals surface area contributed by atoms with Crippen LogP contribution in [0, 0.1) is 5.92 Å². The highest BCUT2D eigenvalue weighted by atomic mass is 16.3. The highest BCUT2D eigenvalue weighted by Gasteiger charge is 2.17. The van der Waals surface area contributed by atoms with Crippen LogP contribution in [0.15, 0.2) is 36.4 Å². The van der Waals surface area contributed by atoms with Crippen molar-refractivity contribution in [3.8, 4) is 11.3 Å². The molecule has 3 N–H and O–H groups in total. The Balaban J connectivity index is 2.11. The SMILES string of the molecule is CC(C)C(CO)NC(=O)c1cc(-c2ccccc2)n[nH]1. The van der Waals surface area contributed by atoms with Crippen LogP contribution >= 0.6 is 0 Å². The number of nitrogens with one attached hydrogen (secondary N) is 2. The average molecular weight is 273 g/mol. The van der Waals surface area contributed by atoms with E-state index < -0.39 is 0 Å². The molecule has 20 heavy (non-hydrogen) atoms. The molecule has 5 nitrogen and oxygen atoms in total. The van der Waals surface area contributed by atoms with Gasteiger partial charge in [0, 0.05) is 5.56 Å². The van der Waals surface area contributed by atoms with Crippen molar-refractivity contribution in [2.45, 2.75) is 19.9 Å². The Morgan fingerprint density at radius 1 is 1.35 bits per heavy atom. The summed E-state index contributed by atoms with van der Waals surface area (Å²) < 4.78 is 0. The van der Waals surface area contributed by atoms with E-state index >= 15 is 0 Å². The van der Waals surface area contributed by atoms with E-state index in [0.717, 1.165) is 11.3 Å². The van der Waals surface area contributed by atoms with Crippen molar-refractivity contribution in [1.82, 2.24) is 15.5 Å². The minimum atomic E-state index is -0.258. The third-order valence-corrected chi connectivity index (χ3v) is 3.21. The van der Waals surface area contributed by atoms with E-state index in [0.29, 0.717) is 5.69 Å². The van der Waals surface area contributed by atoms with Gasteiger partial charge in [-0.3, -0.25) is 9.89 Å². The summed E-state index contributed by atoms with van der Waals surface area (Å²) in [6, 6.07) is 11.1. The van der Waals surface area contributed by atoms with Crippen LogP contribution in [0.4, 0.5) is 0 Å². The van der Waals surface area contributed by atoms with Crippen LogP contribution in [0.25, 0.3) is 11.3 Å². The molecule has 0 saturated carbocycles. The maximum atomic E-state index is 12.1. The molecule has 0 aliphatic carbocycles. The predicted molar refractivity (Wildman–Crippen MR) is 77.2 cm³/mol. The lowest BCUT2D eigenvalue weighted by Gasteiger charge is -2.19. The summed E-state index contributed by atoms with van der Waals surface area (Å²) in [5.41, 5.74) is 2.06. The summed E-state index contributed by atoms with van der Waals surface area (Å²) in [5.74, 6) is -0.0899.